The second kappa shape index (κ2) is 4.07. The maximum atomic E-state index is 3.95. The van der Waals surface area contributed by atoms with Gasteiger partial charge < -0.3 is 0 Å². The van der Waals surface area contributed by atoms with Gasteiger partial charge in [-0.25, -0.2) is 0 Å². The summed E-state index contributed by atoms with van der Waals surface area (Å²) >= 11 is 1.70. The van der Waals surface area contributed by atoms with E-state index in [1.807, 2.05) is 25.1 Å². The molecule has 1 heteroatoms. The molecule has 0 atom stereocenters. The van der Waals surface area contributed by atoms with Crippen LogP contribution in [0.4, 0.5) is 0 Å². The second-order valence-electron chi connectivity index (χ2n) is 2.68. The van der Waals surface area contributed by atoms with Gasteiger partial charge in [-0.05, 0) is 23.9 Å². The molecule has 0 aliphatic carbocycles. The molecule has 1 aromatic heterocycles. The van der Waals surface area contributed by atoms with E-state index in [4.69, 9.17) is 0 Å². The Labute approximate surface area is 77.6 Å². The van der Waals surface area contributed by atoms with Crippen LogP contribution in [-0.2, 0) is 0 Å². The predicted molar refractivity (Wildman–Crippen MR) is 57.3 cm³/mol. The van der Waals surface area contributed by atoms with Crippen LogP contribution >= 0.6 is 11.3 Å². The molecule has 0 saturated carbocycles. The summed E-state index contributed by atoms with van der Waals surface area (Å²) in [5.74, 6) is 0. The number of hydrogen-bond acceptors (Lipinski definition) is 1. The molecule has 62 valence electrons. The zero-order valence-electron chi connectivity index (χ0n) is 7.21. The highest BCUT2D eigenvalue weighted by molar-refractivity contribution is 7.11. The third-order valence-electron chi connectivity index (χ3n) is 1.41. The minimum absolute atomic E-state index is 1.05. The van der Waals surface area contributed by atoms with Crippen molar-refractivity contribution in [3.63, 3.8) is 0 Å². The van der Waals surface area contributed by atoms with Crippen molar-refractivity contribution in [2.45, 2.75) is 6.92 Å². The fourth-order valence-corrected chi connectivity index (χ4v) is 1.47. The van der Waals surface area contributed by atoms with E-state index in [0.717, 1.165) is 11.1 Å². The first kappa shape index (κ1) is 9.01. The number of hydrogen-bond donors (Lipinski definition) is 0. The molecule has 1 rings (SSSR count). The van der Waals surface area contributed by atoms with Crippen molar-refractivity contribution in [2.24, 2.45) is 0 Å². The molecule has 12 heavy (non-hydrogen) atoms. The van der Waals surface area contributed by atoms with Gasteiger partial charge in [-0.1, -0.05) is 36.9 Å². The third-order valence-corrected chi connectivity index (χ3v) is 2.35. The maximum Gasteiger partial charge on any atom is 0.0336 e. The van der Waals surface area contributed by atoms with Gasteiger partial charge in [0.05, 0.1) is 0 Å². The summed E-state index contributed by atoms with van der Waals surface area (Å²) in [6.45, 7) is 9.71. The van der Waals surface area contributed by atoms with Gasteiger partial charge in [0.25, 0.3) is 0 Å². The molecule has 0 amide bonds. The van der Waals surface area contributed by atoms with Crippen molar-refractivity contribution in [1.29, 1.82) is 0 Å². The Morgan fingerprint density at radius 3 is 2.67 bits per heavy atom. The maximum absolute atomic E-state index is 3.95. The van der Waals surface area contributed by atoms with Gasteiger partial charge in [-0.2, -0.15) is 0 Å². The standard InChI is InChI=1S/C11H12S/c1-9(2)6-7-10(3)11-5-4-8-12-11/h4-8H,1,3H2,2H3/b7-6-. The lowest BCUT2D eigenvalue weighted by Gasteiger charge is -1.93. The van der Waals surface area contributed by atoms with Crippen LogP contribution in [0.1, 0.15) is 11.8 Å². The van der Waals surface area contributed by atoms with E-state index in [1.54, 1.807) is 11.3 Å². The monoisotopic (exact) mass is 176 g/mol. The number of rotatable bonds is 3. The summed E-state index contributed by atoms with van der Waals surface area (Å²) in [5.41, 5.74) is 2.10. The van der Waals surface area contributed by atoms with E-state index < -0.39 is 0 Å². The van der Waals surface area contributed by atoms with Gasteiger partial charge >= 0.3 is 0 Å². The summed E-state index contributed by atoms with van der Waals surface area (Å²) in [7, 11) is 0. The Balaban J connectivity index is 2.68. The number of allylic oxidation sites excluding steroid dienone is 4. The lowest BCUT2D eigenvalue weighted by atomic mass is 10.2. The minimum Gasteiger partial charge on any atom is -0.144 e. The fraction of sp³-hybridized carbons (Fsp3) is 0.0909. The molecular formula is C11H12S. The van der Waals surface area contributed by atoms with Gasteiger partial charge in [0.1, 0.15) is 0 Å². The van der Waals surface area contributed by atoms with E-state index in [-0.39, 0.29) is 0 Å². The topological polar surface area (TPSA) is 0 Å². The summed E-state index contributed by atoms with van der Waals surface area (Å²) < 4.78 is 0. The Bertz CT molecular complexity index is 302. The van der Waals surface area contributed by atoms with Crippen LogP contribution in [0.3, 0.4) is 0 Å². The van der Waals surface area contributed by atoms with Crippen LogP contribution < -0.4 is 0 Å². The van der Waals surface area contributed by atoms with Gasteiger partial charge in [-0.15, -0.1) is 11.3 Å². The Morgan fingerprint density at radius 1 is 1.42 bits per heavy atom. The molecule has 0 fully saturated rings. The molecule has 0 aliphatic rings. The normalized spacial score (nSPS) is 10.4. The first-order chi connectivity index (χ1) is 5.70. The highest BCUT2D eigenvalue weighted by Crippen LogP contribution is 2.19. The zero-order chi connectivity index (χ0) is 8.97. The largest absolute Gasteiger partial charge is 0.144 e. The van der Waals surface area contributed by atoms with E-state index in [1.165, 1.54) is 4.88 Å². The molecule has 0 spiro atoms. The highest BCUT2D eigenvalue weighted by Gasteiger charge is 1.93. The summed E-state index contributed by atoms with van der Waals surface area (Å²) in [6, 6.07) is 4.09. The molecule has 0 saturated heterocycles. The van der Waals surface area contributed by atoms with Gasteiger partial charge in [-0.3, -0.25) is 0 Å². The molecular weight excluding hydrogens is 164 g/mol. The first-order valence-corrected chi connectivity index (χ1v) is 4.64. The SMILES string of the molecule is C=C(C)/C=C\C(=C)c1cccs1. The lowest BCUT2D eigenvalue weighted by Crippen LogP contribution is -1.70. The average Bonchev–Trinajstić information content (AvgIpc) is 2.51. The van der Waals surface area contributed by atoms with Crippen molar-refractivity contribution in [2.75, 3.05) is 0 Å². The summed E-state index contributed by atoms with van der Waals surface area (Å²) in [4.78, 5) is 1.22. The fourth-order valence-electron chi connectivity index (χ4n) is 0.786. The van der Waals surface area contributed by atoms with E-state index in [9.17, 15) is 0 Å². The van der Waals surface area contributed by atoms with Crippen molar-refractivity contribution in [3.05, 3.63) is 53.3 Å². The van der Waals surface area contributed by atoms with Crippen molar-refractivity contribution < 1.29 is 0 Å². The lowest BCUT2D eigenvalue weighted by molar-refractivity contribution is 1.56. The van der Waals surface area contributed by atoms with Crippen molar-refractivity contribution in [3.8, 4) is 0 Å². The molecule has 0 aromatic carbocycles. The van der Waals surface area contributed by atoms with E-state index >= 15 is 0 Å². The average molecular weight is 176 g/mol. The highest BCUT2D eigenvalue weighted by atomic mass is 32.1. The summed E-state index contributed by atoms with van der Waals surface area (Å²) in [5, 5.41) is 2.05. The van der Waals surface area contributed by atoms with Crippen molar-refractivity contribution in [1.82, 2.24) is 0 Å². The van der Waals surface area contributed by atoms with Crippen LogP contribution in [0.25, 0.3) is 5.57 Å². The molecule has 0 N–H and O–H groups in total. The second-order valence-corrected chi connectivity index (χ2v) is 3.63. The van der Waals surface area contributed by atoms with Crippen molar-refractivity contribution >= 4 is 16.9 Å². The third kappa shape index (κ3) is 2.51. The molecule has 0 nitrogen and oxygen atoms in total. The minimum atomic E-state index is 1.05. The Morgan fingerprint density at radius 2 is 2.17 bits per heavy atom. The molecule has 0 bridgehead atoms. The Kier molecular flexibility index (Phi) is 3.06. The summed E-state index contributed by atoms with van der Waals surface area (Å²) in [6.07, 6.45) is 3.97. The van der Waals surface area contributed by atoms with E-state index in [0.29, 0.717) is 0 Å². The van der Waals surface area contributed by atoms with Crippen LogP contribution in [-0.4, -0.2) is 0 Å². The predicted octanol–water partition coefficient (Wildman–Crippen LogP) is 3.89. The van der Waals surface area contributed by atoms with Crippen LogP contribution in [0.2, 0.25) is 0 Å². The van der Waals surface area contributed by atoms with Crippen LogP contribution in [0.5, 0.6) is 0 Å². The molecule has 1 aromatic rings. The van der Waals surface area contributed by atoms with Gasteiger partial charge in [0, 0.05) is 4.88 Å². The molecule has 0 unspecified atom stereocenters. The first-order valence-electron chi connectivity index (χ1n) is 3.76. The van der Waals surface area contributed by atoms with E-state index in [2.05, 4.69) is 24.6 Å². The van der Waals surface area contributed by atoms with Crippen LogP contribution in [0.15, 0.2) is 48.4 Å². The molecule has 1 heterocycles. The smallest absolute Gasteiger partial charge is 0.0336 e. The van der Waals surface area contributed by atoms with Gasteiger partial charge in [0.15, 0.2) is 0 Å². The Hall–Kier alpha value is -1.08. The van der Waals surface area contributed by atoms with Crippen LogP contribution in [0, 0.1) is 0 Å². The van der Waals surface area contributed by atoms with Gasteiger partial charge in [0.2, 0.25) is 0 Å². The zero-order valence-corrected chi connectivity index (χ0v) is 8.03. The molecule has 0 radical (unpaired) electrons. The quantitative estimate of drug-likeness (QED) is 0.613. The molecule has 0 aliphatic heterocycles. The number of thiophene rings is 1.